The Morgan fingerprint density at radius 3 is 2.76 bits per heavy atom. The summed E-state index contributed by atoms with van der Waals surface area (Å²) in [5, 5.41) is 5.30. The van der Waals surface area contributed by atoms with Gasteiger partial charge in [-0.15, -0.1) is 0 Å². The molecule has 0 bridgehead atoms. The number of ether oxygens (including phenoxy) is 3. The number of hydrogen-bond acceptors (Lipinski definition) is 5. The van der Waals surface area contributed by atoms with E-state index in [0.717, 1.165) is 0 Å². The minimum absolute atomic E-state index is 0.0738. The second kappa shape index (κ2) is 5.01. The third-order valence-electron chi connectivity index (χ3n) is 3.47. The van der Waals surface area contributed by atoms with Gasteiger partial charge < -0.3 is 24.8 Å². The van der Waals surface area contributed by atoms with Gasteiger partial charge in [0.05, 0.1) is 31.5 Å². The molecule has 2 aliphatic heterocycles. The summed E-state index contributed by atoms with van der Waals surface area (Å²) in [7, 11) is 3.07. The smallest absolute Gasteiger partial charge is 0.338 e. The van der Waals surface area contributed by atoms with Crippen molar-refractivity contribution in [3.8, 4) is 11.5 Å². The number of cyclic esters (lactones) is 1. The molecule has 0 aromatic heterocycles. The fraction of sp³-hybridized carbons (Fsp3) is 0.286. The fourth-order valence-corrected chi connectivity index (χ4v) is 2.49. The highest BCUT2D eigenvalue weighted by atomic mass is 16.5. The lowest BCUT2D eigenvalue weighted by atomic mass is 9.95. The maximum Gasteiger partial charge on any atom is 0.338 e. The zero-order valence-corrected chi connectivity index (χ0v) is 11.6. The summed E-state index contributed by atoms with van der Waals surface area (Å²) in [6, 6.07) is 4.18. The van der Waals surface area contributed by atoms with Gasteiger partial charge >= 0.3 is 12.0 Å². The van der Waals surface area contributed by atoms with Crippen LogP contribution >= 0.6 is 0 Å². The molecule has 1 aromatic rings. The third kappa shape index (κ3) is 2.16. The van der Waals surface area contributed by atoms with E-state index in [1.54, 1.807) is 25.3 Å². The predicted octanol–water partition coefficient (Wildman–Crippen LogP) is 0.869. The average Bonchev–Trinajstić information content (AvgIpc) is 2.87. The van der Waals surface area contributed by atoms with Crippen molar-refractivity contribution in [2.24, 2.45) is 0 Å². The summed E-state index contributed by atoms with van der Waals surface area (Å²) in [5.74, 6) is 0.703. The minimum Gasteiger partial charge on any atom is -0.497 e. The number of esters is 1. The van der Waals surface area contributed by atoms with Crippen LogP contribution < -0.4 is 20.1 Å². The first kappa shape index (κ1) is 13.3. The number of benzene rings is 1. The number of urea groups is 1. The second-order valence-corrected chi connectivity index (χ2v) is 4.61. The highest BCUT2D eigenvalue weighted by molar-refractivity contribution is 5.97. The number of rotatable bonds is 3. The van der Waals surface area contributed by atoms with Crippen LogP contribution in [-0.2, 0) is 9.53 Å². The Bertz CT molecular complexity index is 653. The summed E-state index contributed by atoms with van der Waals surface area (Å²) >= 11 is 0. The molecule has 110 valence electrons. The van der Waals surface area contributed by atoms with Gasteiger partial charge in [0.15, 0.2) is 0 Å². The van der Waals surface area contributed by atoms with Crippen molar-refractivity contribution in [3.05, 3.63) is 35.0 Å². The van der Waals surface area contributed by atoms with E-state index in [-0.39, 0.29) is 12.6 Å². The van der Waals surface area contributed by atoms with Crippen LogP contribution in [0.2, 0.25) is 0 Å². The Hall–Kier alpha value is -2.70. The monoisotopic (exact) mass is 290 g/mol. The van der Waals surface area contributed by atoms with Gasteiger partial charge in [0.1, 0.15) is 18.1 Å². The molecule has 7 heteroatoms. The molecule has 7 nitrogen and oxygen atoms in total. The predicted molar refractivity (Wildman–Crippen MR) is 71.9 cm³/mol. The van der Waals surface area contributed by atoms with E-state index in [4.69, 9.17) is 14.2 Å². The molecule has 0 spiro atoms. The molecule has 3 rings (SSSR count). The summed E-state index contributed by atoms with van der Waals surface area (Å²) in [5.41, 5.74) is 1.51. The molecule has 1 aromatic carbocycles. The maximum absolute atomic E-state index is 11.9. The van der Waals surface area contributed by atoms with Gasteiger partial charge in [-0.1, -0.05) is 0 Å². The van der Waals surface area contributed by atoms with Gasteiger partial charge in [-0.05, 0) is 18.2 Å². The summed E-state index contributed by atoms with van der Waals surface area (Å²) in [4.78, 5) is 23.7. The lowest BCUT2D eigenvalue weighted by molar-refractivity contribution is -0.136. The van der Waals surface area contributed by atoms with E-state index in [1.807, 2.05) is 0 Å². The molecule has 0 fully saturated rings. The molecule has 21 heavy (non-hydrogen) atoms. The van der Waals surface area contributed by atoms with E-state index in [0.29, 0.717) is 28.3 Å². The van der Waals surface area contributed by atoms with Crippen LogP contribution in [0.25, 0.3) is 0 Å². The Kier molecular flexibility index (Phi) is 3.17. The van der Waals surface area contributed by atoms with Gasteiger partial charge in [-0.2, -0.15) is 0 Å². The van der Waals surface area contributed by atoms with E-state index >= 15 is 0 Å². The van der Waals surface area contributed by atoms with Gasteiger partial charge in [-0.3, -0.25) is 0 Å². The Morgan fingerprint density at radius 2 is 2.05 bits per heavy atom. The van der Waals surface area contributed by atoms with Crippen LogP contribution in [-0.4, -0.2) is 32.8 Å². The summed E-state index contributed by atoms with van der Waals surface area (Å²) in [6.45, 7) is 0.0738. The number of carbonyl (C=O) groups is 2. The van der Waals surface area contributed by atoms with E-state index in [9.17, 15) is 9.59 Å². The van der Waals surface area contributed by atoms with Crippen LogP contribution in [0.3, 0.4) is 0 Å². The Labute approximate surface area is 120 Å². The first-order valence-electron chi connectivity index (χ1n) is 6.33. The number of carbonyl (C=O) groups excluding carboxylic acids is 2. The van der Waals surface area contributed by atoms with Crippen molar-refractivity contribution in [2.75, 3.05) is 20.8 Å². The molecule has 2 heterocycles. The summed E-state index contributed by atoms with van der Waals surface area (Å²) < 4.78 is 15.5. The first-order valence-corrected chi connectivity index (χ1v) is 6.33. The molecule has 0 saturated heterocycles. The average molecular weight is 290 g/mol. The van der Waals surface area contributed by atoms with E-state index < -0.39 is 12.0 Å². The zero-order chi connectivity index (χ0) is 15.0. The van der Waals surface area contributed by atoms with Crippen LogP contribution in [0, 0.1) is 0 Å². The van der Waals surface area contributed by atoms with Gasteiger partial charge in [0, 0.05) is 5.56 Å². The molecule has 0 aliphatic carbocycles. The topological polar surface area (TPSA) is 85.9 Å². The zero-order valence-electron chi connectivity index (χ0n) is 11.6. The third-order valence-corrected chi connectivity index (χ3v) is 3.47. The first-order chi connectivity index (χ1) is 10.1. The molecular weight excluding hydrogens is 276 g/mol. The SMILES string of the molecule is COc1ccc(OC)c(C2NC(=O)NC3=C2C(=O)OC3)c1. The van der Waals surface area contributed by atoms with Crippen LogP contribution in [0.1, 0.15) is 11.6 Å². The number of hydrogen-bond donors (Lipinski definition) is 2. The standard InChI is InChI=1S/C14H14N2O5/c1-19-7-3-4-10(20-2)8(5-7)12-11-9(6-21-13(11)17)15-14(18)16-12/h3-5,12H,6H2,1-2H3,(H2,15,16,18). The van der Waals surface area contributed by atoms with Crippen LogP contribution in [0.15, 0.2) is 29.5 Å². The lowest BCUT2D eigenvalue weighted by Crippen LogP contribution is -2.44. The fourth-order valence-electron chi connectivity index (χ4n) is 2.49. The number of nitrogens with one attached hydrogen (secondary N) is 2. The van der Waals surface area contributed by atoms with Crippen molar-refractivity contribution >= 4 is 12.0 Å². The molecule has 0 saturated carbocycles. The molecule has 2 N–H and O–H groups in total. The molecule has 0 radical (unpaired) electrons. The normalized spacial score (nSPS) is 20.4. The molecule has 1 unspecified atom stereocenters. The number of methoxy groups -OCH3 is 2. The molecular formula is C14H14N2O5. The van der Waals surface area contributed by atoms with Crippen LogP contribution in [0.4, 0.5) is 4.79 Å². The minimum atomic E-state index is -0.631. The van der Waals surface area contributed by atoms with E-state index in [1.165, 1.54) is 7.11 Å². The van der Waals surface area contributed by atoms with E-state index in [2.05, 4.69) is 10.6 Å². The highest BCUT2D eigenvalue weighted by Crippen LogP contribution is 2.37. The van der Waals surface area contributed by atoms with Crippen LogP contribution in [0.5, 0.6) is 11.5 Å². The van der Waals surface area contributed by atoms with Crippen molar-refractivity contribution in [1.82, 2.24) is 10.6 Å². The molecule has 2 aliphatic rings. The van der Waals surface area contributed by atoms with Crippen molar-refractivity contribution in [2.45, 2.75) is 6.04 Å². The molecule has 2 amide bonds. The Balaban J connectivity index is 2.12. The Morgan fingerprint density at radius 1 is 1.24 bits per heavy atom. The number of amides is 2. The van der Waals surface area contributed by atoms with Gasteiger partial charge in [0.25, 0.3) is 0 Å². The highest BCUT2D eigenvalue weighted by Gasteiger charge is 2.39. The van der Waals surface area contributed by atoms with Gasteiger partial charge in [0.2, 0.25) is 0 Å². The summed E-state index contributed by atoms with van der Waals surface area (Å²) in [6.07, 6.45) is 0. The molecule has 1 atom stereocenters. The van der Waals surface area contributed by atoms with Crippen molar-refractivity contribution in [1.29, 1.82) is 0 Å². The maximum atomic E-state index is 11.9. The van der Waals surface area contributed by atoms with Crippen molar-refractivity contribution in [3.63, 3.8) is 0 Å². The van der Waals surface area contributed by atoms with Crippen molar-refractivity contribution < 1.29 is 23.8 Å². The lowest BCUT2D eigenvalue weighted by Gasteiger charge is -2.26. The largest absolute Gasteiger partial charge is 0.497 e. The second-order valence-electron chi connectivity index (χ2n) is 4.61. The van der Waals surface area contributed by atoms with Gasteiger partial charge in [-0.25, -0.2) is 9.59 Å². The quantitative estimate of drug-likeness (QED) is 0.807.